The van der Waals surface area contributed by atoms with Gasteiger partial charge in [-0.3, -0.25) is 9.69 Å². The molecule has 2 rings (SSSR count). The number of amides is 1. The SMILES string of the molecule is Cc1cc(Cl)cc(C)c1CN1C[C@@H](CC(=O)N(C)C)[C@H](O)C1. The van der Waals surface area contributed by atoms with Crippen LogP contribution in [-0.2, 0) is 11.3 Å². The number of halogens is 1. The van der Waals surface area contributed by atoms with Gasteiger partial charge in [0.15, 0.2) is 0 Å². The zero-order chi connectivity index (χ0) is 16.4. The minimum absolute atomic E-state index is 0.0165. The third-order valence-electron chi connectivity index (χ3n) is 4.46. The smallest absolute Gasteiger partial charge is 0.222 e. The molecule has 22 heavy (non-hydrogen) atoms. The highest BCUT2D eigenvalue weighted by atomic mass is 35.5. The average Bonchev–Trinajstić information content (AvgIpc) is 2.74. The lowest BCUT2D eigenvalue weighted by Crippen LogP contribution is -2.28. The van der Waals surface area contributed by atoms with Crippen LogP contribution in [0.25, 0.3) is 0 Å². The van der Waals surface area contributed by atoms with Gasteiger partial charge in [-0.1, -0.05) is 11.6 Å². The second kappa shape index (κ2) is 6.99. The first-order valence-corrected chi connectivity index (χ1v) is 8.02. The predicted molar refractivity (Wildman–Crippen MR) is 89.0 cm³/mol. The van der Waals surface area contributed by atoms with Crippen molar-refractivity contribution in [2.75, 3.05) is 27.2 Å². The molecule has 1 heterocycles. The molecule has 5 heteroatoms. The molecule has 2 atom stereocenters. The van der Waals surface area contributed by atoms with Crippen molar-refractivity contribution in [3.8, 4) is 0 Å². The van der Waals surface area contributed by atoms with Crippen LogP contribution in [0.4, 0.5) is 0 Å². The summed E-state index contributed by atoms with van der Waals surface area (Å²) < 4.78 is 0. The van der Waals surface area contributed by atoms with Gasteiger partial charge in [0.1, 0.15) is 0 Å². The second-order valence-electron chi connectivity index (χ2n) is 6.53. The molecule has 1 N–H and O–H groups in total. The van der Waals surface area contributed by atoms with Crippen LogP contribution in [0, 0.1) is 19.8 Å². The summed E-state index contributed by atoms with van der Waals surface area (Å²) in [7, 11) is 3.50. The van der Waals surface area contributed by atoms with E-state index in [0.717, 1.165) is 18.1 Å². The van der Waals surface area contributed by atoms with E-state index >= 15 is 0 Å². The summed E-state index contributed by atoms with van der Waals surface area (Å²) in [6.45, 7) is 6.29. The largest absolute Gasteiger partial charge is 0.391 e. The minimum Gasteiger partial charge on any atom is -0.391 e. The van der Waals surface area contributed by atoms with Gasteiger partial charge in [0.05, 0.1) is 6.10 Å². The predicted octanol–water partition coefficient (Wildman–Crippen LogP) is 2.23. The maximum atomic E-state index is 11.8. The van der Waals surface area contributed by atoms with Crippen molar-refractivity contribution < 1.29 is 9.90 Å². The number of β-amino-alcohol motifs (C(OH)–C–C–N with tert-alkyl or cyclic N) is 1. The van der Waals surface area contributed by atoms with Crippen LogP contribution in [-0.4, -0.2) is 54.1 Å². The fraction of sp³-hybridized carbons (Fsp3) is 0.588. The zero-order valence-corrected chi connectivity index (χ0v) is 14.5. The first-order chi connectivity index (χ1) is 10.3. The fourth-order valence-corrected chi connectivity index (χ4v) is 3.42. The average molecular weight is 325 g/mol. The van der Waals surface area contributed by atoms with Crippen molar-refractivity contribution in [1.82, 2.24) is 9.80 Å². The van der Waals surface area contributed by atoms with E-state index in [0.29, 0.717) is 13.0 Å². The highest BCUT2D eigenvalue weighted by Gasteiger charge is 2.33. The maximum absolute atomic E-state index is 11.8. The van der Waals surface area contributed by atoms with E-state index in [4.69, 9.17) is 11.6 Å². The van der Waals surface area contributed by atoms with Crippen LogP contribution in [0.2, 0.25) is 5.02 Å². The van der Waals surface area contributed by atoms with Gasteiger partial charge in [-0.15, -0.1) is 0 Å². The van der Waals surface area contributed by atoms with Crippen LogP contribution >= 0.6 is 11.6 Å². The van der Waals surface area contributed by atoms with Crippen LogP contribution in [0.1, 0.15) is 23.1 Å². The molecule has 0 unspecified atom stereocenters. The van der Waals surface area contributed by atoms with E-state index in [9.17, 15) is 9.90 Å². The van der Waals surface area contributed by atoms with E-state index in [1.54, 1.807) is 19.0 Å². The summed E-state index contributed by atoms with van der Waals surface area (Å²) in [6, 6.07) is 3.95. The summed E-state index contributed by atoms with van der Waals surface area (Å²) in [4.78, 5) is 15.6. The molecule has 1 aliphatic heterocycles. The van der Waals surface area contributed by atoms with Gasteiger partial charge in [-0.25, -0.2) is 0 Å². The molecule has 0 saturated carbocycles. The Labute approximate surface area is 137 Å². The van der Waals surface area contributed by atoms with E-state index in [2.05, 4.69) is 18.7 Å². The normalized spacial score (nSPS) is 22.1. The fourth-order valence-electron chi connectivity index (χ4n) is 3.09. The number of carbonyl (C=O) groups excluding carboxylic acids is 1. The maximum Gasteiger partial charge on any atom is 0.222 e. The Morgan fingerprint density at radius 1 is 1.32 bits per heavy atom. The van der Waals surface area contributed by atoms with Crippen molar-refractivity contribution in [3.63, 3.8) is 0 Å². The van der Waals surface area contributed by atoms with Gasteiger partial charge >= 0.3 is 0 Å². The highest BCUT2D eigenvalue weighted by molar-refractivity contribution is 6.30. The van der Waals surface area contributed by atoms with Crippen molar-refractivity contribution >= 4 is 17.5 Å². The Kier molecular flexibility index (Phi) is 5.48. The Morgan fingerprint density at radius 3 is 2.45 bits per heavy atom. The number of likely N-dealkylation sites (tertiary alicyclic amines) is 1. The number of aliphatic hydroxyl groups excluding tert-OH is 1. The monoisotopic (exact) mass is 324 g/mol. The molecule has 1 fully saturated rings. The number of nitrogens with zero attached hydrogens (tertiary/aromatic N) is 2. The molecule has 0 radical (unpaired) electrons. The topological polar surface area (TPSA) is 43.8 Å². The van der Waals surface area contributed by atoms with E-state index in [-0.39, 0.29) is 11.8 Å². The summed E-state index contributed by atoms with van der Waals surface area (Å²) >= 11 is 6.08. The van der Waals surface area contributed by atoms with Gasteiger partial charge < -0.3 is 10.0 Å². The molecule has 1 saturated heterocycles. The summed E-state index contributed by atoms with van der Waals surface area (Å²) in [5, 5.41) is 11.0. The van der Waals surface area contributed by atoms with Gasteiger partial charge in [0.2, 0.25) is 5.91 Å². The number of carbonyl (C=O) groups is 1. The molecule has 4 nitrogen and oxygen atoms in total. The lowest BCUT2D eigenvalue weighted by molar-refractivity contribution is -0.130. The molecule has 1 aromatic carbocycles. The first-order valence-electron chi connectivity index (χ1n) is 7.64. The lowest BCUT2D eigenvalue weighted by atomic mass is 10.0. The molecule has 1 aromatic rings. The minimum atomic E-state index is -0.434. The standard InChI is InChI=1S/C17H25ClN2O2/c1-11-5-14(18)6-12(2)15(11)9-20-8-13(16(21)10-20)7-17(22)19(3)4/h5-6,13,16,21H,7-10H2,1-4H3/t13-,16-/m1/s1. The third-order valence-corrected chi connectivity index (χ3v) is 4.68. The van der Waals surface area contributed by atoms with Crippen LogP contribution < -0.4 is 0 Å². The van der Waals surface area contributed by atoms with Gasteiger partial charge in [0.25, 0.3) is 0 Å². The van der Waals surface area contributed by atoms with Crippen molar-refractivity contribution in [1.29, 1.82) is 0 Å². The molecule has 0 spiro atoms. The van der Waals surface area contributed by atoms with Crippen LogP contribution in [0.3, 0.4) is 0 Å². The number of hydrogen-bond acceptors (Lipinski definition) is 3. The first kappa shape index (κ1) is 17.3. The van der Waals surface area contributed by atoms with Gasteiger partial charge in [0, 0.05) is 51.1 Å². The molecular formula is C17H25ClN2O2. The van der Waals surface area contributed by atoms with Crippen LogP contribution in [0.5, 0.6) is 0 Å². The van der Waals surface area contributed by atoms with E-state index < -0.39 is 6.10 Å². The molecule has 1 amide bonds. The van der Waals surface area contributed by atoms with Gasteiger partial charge in [-0.2, -0.15) is 0 Å². The number of rotatable bonds is 4. The molecule has 0 aliphatic carbocycles. The Morgan fingerprint density at radius 2 is 1.91 bits per heavy atom. The molecule has 1 aliphatic rings. The van der Waals surface area contributed by atoms with E-state index in [1.807, 2.05) is 12.1 Å². The number of aliphatic hydroxyl groups is 1. The summed E-state index contributed by atoms with van der Waals surface area (Å²) in [5.74, 6) is 0.0903. The zero-order valence-electron chi connectivity index (χ0n) is 13.8. The lowest BCUT2D eigenvalue weighted by Gasteiger charge is -2.19. The molecular weight excluding hydrogens is 300 g/mol. The number of hydrogen-bond donors (Lipinski definition) is 1. The molecule has 122 valence electrons. The molecule has 0 aromatic heterocycles. The highest BCUT2D eigenvalue weighted by Crippen LogP contribution is 2.26. The number of benzene rings is 1. The third kappa shape index (κ3) is 4.00. The van der Waals surface area contributed by atoms with Crippen molar-refractivity contribution in [3.05, 3.63) is 33.8 Å². The van der Waals surface area contributed by atoms with Crippen molar-refractivity contribution in [2.45, 2.75) is 32.9 Å². The van der Waals surface area contributed by atoms with Crippen molar-refractivity contribution in [2.24, 2.45) is 5.92 Å². The van der Waals surface area contributed by atoms with Crippen LogP contribution in [0.15, 0.2) is 12.1 Å². The second-order valence-corrected chi connectivity index (χ2v) is 6.97. The molecule has 0 bridgehead atoms. The summed E-state index contributed by atoms with van der Waals surface area (Å²) in [5.41, 5.74) is 3.61. The quantitative estimate of drug-likeness (QED) is 0.923. The Balaban J connectivity index is 2.03. The van der Waals surface area contributed by atoms with Gasteiger partial charge in [-0.05, 0) is 42.7 Å². The summed E-state index contributed by atoms with van der Waals surface area (Å²) in [6.07, 6.45) is -0.0275. The Hall–Kier alpha value is -1.10. The Bertz CT molecular complexity index is 537. The number of aryl methyl sites for hydroxylation is 2. The van der Waals surface area contributed by atoms with E-state index in [1.165, 1.54) is 16.7 Å².